The summed E-state index contributed by atoms with van der Waals surface area (Å²) < 4.78 is 10.5. The molecule has 21 heavy (non-hydrogen) atoms. The van der Waals surface area contributed by atoms with Gasteiger partial charge in [0.25, 0.3) is 0 Å². The topological polar surface area (TPSA) is 54.6 Å². The largest absolute Gasteiger partial charge is 0.383 e. The Hall–Kier alpha value is -1.28. The van der Waals surface area contributed by atoms with Crippen molar-refractivity contribution in [2.75, 3.05) is 46.4 Å². The van der Waals surface area contributed by atoms with E-state index in [1.54, 1.807) is 18.4 Å². The second-order valence-corrected chi connectivity index (χ2v) is 6.05. The summed E-state index contributed by atoms with van der Waals surface area (Å²) >= 11 is 1.63. The Morgan fingerprint density at radius 2 is 2.10 bits per heavy atom. The fraction of sp³-hybridized carbons (Fsp3) is 0.571. The third-order valence-electron chi connectivity index (χ3n) is 3.65. The average Bonchev–Trinajstić information content (AvgIpc) is 3.17. The summed E-state index contributed by atoms with van der Waals surface area (Å²) in [6, 6.07) is 4.00. The van der Waals surface area contributed by atoms with Crippen LogP contribution in [0.25, 0.3) is 10.7 Å². The van der Waals surface area contributed by atoms with Gasteiger partial charge in [-0.3, -0.25) is 9.80 Å². The van der Waals surface area contributed by atoms with Crippen molar-refractivity contribution in [3.8, 4) is 10.7 Å². The molecule has 0 bridgehead atoms. The smallest absolute Gasteiger partial charge is 0.241 e. The van der Waals surface area contributed by atoms with Crippen molar-refractivity contribution < 1.29 is 9.26 Å². The van der Waals surface area contributed by atoms with E-state index in [1.165, 1.54) is 0 Å². The Bertz CT molecular complexity index is 535. The summed E-state index contributed by atoms with van der Waals surface area (Å²) in [6.45, 7) is 6.73. The van der Waals surface area contributed by atoms with Crippen molar-refractivity contribution in [1.29, 1.82) is 0 Å². The van der Waals surface area contributed by atoms with Crippen molar-refractivity contribution in [1.82, 2.24) is 19.9 Å². The standard InChI is InChI=1S/C14H20N4O2S/c1-19-9-8-17-4-6-18(7-5-17)11-13-15-14(16-20-13)12-3-2-10-21-12/h2-3,10H,4-9,11H2,1H3. The van der Waals surface area contributed by atoms with Crippen molar-refractivity contribution in [3.05, 3.63) is 23.4 Å². The second-order valence-electron chi connectivity index (χ2n) is 5.10. The monoisotopic (exact) mass is 308 g/mol. The lowest BCUT2D eigenvalue weighted by atomic mass is 10.3. The number of hydrogen-bond donors (Lipinski definition) is 0. The van der Waals surface area contributed by atoms with Crippen LogP contribution in [0.1, 0.15) is 5.89 Å². The lowest BCUT2D eigenvalue weighted by Crippen LogP contribution is -2.46. The molecule has 0 aromatic carbocycles. The Morgan fingerprint density at radius 3 is 2.81 bits per heavy atom. The van der Waals surface area contributed by atoms with Crippen LogP contribution in [-0.2, 0) is 11.3 Å². The zero-order valence-corrected chi connectivity index (χ0v) is 13.0. The number of ether oxygens (including phenoxy) is 1. The fourth-order valence-electron chi connectivity index (χ4n) is 2.41. The van der Waals surface area contributed by atoms with Crippen LogP contribution in [0.2, 0.25) is 0 Å². The van der Waals surface area contributed by atoms with Crippen LogP contribution in [0.4, 0.5) is 0 Å². The molecule has 6 nitrogen and oxygen atoms in total. The molecule has 2 aromatic heterocycles. The Balaban J connectivity index is 1.49. The number of methoxy groups -OCH3 is 1. The van der Waals surface area contributed by atoms with Gasteiger partial charge in [0.15, 0.2) is 0 Å². The quantitative estimate of drug-likeness (QED) is 0.807. The molecule has 1 fully saturated rings. The molecule has 1 aliphatic rings. The molecule has 7 heteroatoms. The maximum atomic E-state index is 5.35. The summed E-state index contributed by atoms with van der Waals surface area (Å²) in [4.78, 5) is 10.3. The van der Waals surface area contributed by atoms with Gasteiger partial charge in [-0.05, 0) is 11.4 Å². The average molecular weight is 308 g/mol. The van der Waals surface area contributed by atoms with E-state index < -0.39 is 0 Å². The van der Waals surface area contributed by atoms with Gasteiger partial charge >= 0.3 is 0 Å². The third kappa shape index (κ3) is 3.88. The molecule has 0 spiro atoms. The third-order valence-corrected chi connectivity index (χ3v) is 4.51. The van der Waals surface area contributed by atoms with E-state index in [-0.39, 0.29) is 0 Å². The molecule has 0 radical (unpaired) electrons. The summed E-state index contributed by atoms with van der Waals surface area (Å²) in [7, 11) is 1.75. The van der Waals surface area contributed by atoms with Crippen molar-refractivity contribution in [2.24, 2.45) is 0 Å². The maximum absolute atomic E-state index is 5.35. The molecular weight excluding hydrogens is 288 g/mol. The molecule has 0 atom stereocenters. The first-order valence-corrected chi connectivity index (χ1v) is 8.03. The molecule has 0 saturated carbocycles. The SMILES string of the molecule is COCCN1CCN(Cc2nc(-c3cccs3)no2)CC1. The molecular formula is C14H20N4O2S. The molecule has 2 aromatic rings. The lowest BCUT2D eigenvalue weighted by Gasteiger charge is -2.33. The van der Waals surface area contributed by atoms with E-state index in [0.717, 1.165) is 50.8 Å². The predicted octanol–water partition coefficient (Wildman–Crippen LogP) is 1.56. The van der Waals surface area contributed by atoms with Gasteiger partial charge in [-0.2, -0.15) is 4.98 Å². The molecule has 114 valence electrons. The van der Waals surface area contributed by atoms with E-state index in [9.17, 15) is 0 Å². The highest BCUT2D eigenvalue weighted by Crippen LogP contribution is 2.21. The number of rotatable bonds is 6. The highest BCUT2D eigenvalue weighted by atomic mass is 32.1. The van der Waals surface area contributed by atoms with Gasteiger partial charge in [-0.25, -0.2) is 0 Å². The first-order chi connectivity index (χ1) is 10.3. The van der Waals surface area contributed by atoms with Crippen LogP contribution in [0, 0.1) is 0 Å². The predicted molar refractivity (Wildman–Crippen MR) is 81.2 cm³/mol. The van der Waals surface area contributed by atoms with Crippen LogP contribution >= 0.6 is 11.3 Å². The van der Waals surface area contributed by atoms with Crippen LogP contribution in [0.3, 0.4) is 0 Å². The summed E-state index contributed by atoms with van der Waals surface area (Å²) in [5.41, 5.74) is 0. The molecule has 1 aliphatic heterocycles. The highest BCUT2D eigenvalue weighted by molar-refractivity contribution is 7.13. The van der Waals surface area contributed by atoms with Crippen LogP contribution in [0.15, 0.2) is 22.0 Å². The fourth-order valence-corrected chi connectivity index (χ4v) is 3.06. The van der Waals surface area contributed by atoms with Gasteiger partial charge in [0, 0.05) is 39.8 Å². The molecule has 1 saturated heterocycles. The van der Waals surface area contributed by atoms with E-state index in [4.69, 9.17) is 9.26 Å². The van der Waals surface area contributed by atoms with Crippen LogP contribution in [-0.4, -0.2) is 66.4 Å². The number of piperazine rings is 1. The lowest BCUT2D eigenvalue weighted by molar-refractivity contribution is 0.0883. The van der Waals surface area contributed by atoms with Crippen molar-refractivity contribution >= 4 is 11.3 Å². The normalized spacial score (nSPS) is 17.4. The van der Waals surface area contributed by atoms with E-state index >= 15 is 0 Å². The number of aromatic nitrogens is 2. The van der Waals surface area contributed by atoms with Gasteiger partial charge in [-0.15, -0.1) is 11.3 Å². The van der Waals surface area contributed by atoms with Crippen molar-refractivity contribution in [3.63, 3.8) is 0 Å². The summed E-state index contributed by atoms with van der Waals surface area (Å²) in [5.74, 6) is 1.39. The Labute approximate surface area is 128 Å². The van der Waals surface area contributed by atoms with E-state index in [0.29, 0.717) is 11.7 Å². The number of nitrogens with zero attached hydrogens (tertiary/aromatic N) is 4. The molecule has 0 N–H and O–H groups in total. The first kappa shape index (κ1) is 14.6. The minimum atomic E-state index is 0.693. The van der Waals surface area contributed by atoms with Crippen molar-refractivity contribution in [2.45, 2.75) is 6.54 Å². The zero-order valence-electron chi connectivity index (χ0n) is 12.2. The molecule has 0 aliphatic carbocycles. The second kappa shape index (κ2) is 7.13. The van der Waals surface area contributed by atoms with Gasteiger partial charge in [-0.1, -0.05) is 11.2 Å². The zero-order chi connectivity index (χ0) is 14.5. The first-order valence-electron chi connectivity index (χ1n) is 7.15. The molecule has 0 unspecified atom stereocenters. The highest BCUT2D eigenvalue weighted by Gasteiger charge is 2.19. The minimum Gasteiger partial charge on any atom is -0.383 e. The van der Waals surface area contributed by atoms with E-state index in [1.807, 2.05) is 17.5 Å². The van der Waals surface area contributed by atoms with Crippen LogP contribution < -0.4 is 0 Å². The van der Waals surface area contributed by atoms with Crippen LogP contribution in [0.5, 0.6) is 0 Å². The maximum Gasteiger partial charge on any atom is 0.241 e. The molecule has 3 heterocycles. The number of hydrogen-bond acceptors (Lipinski definition) is 7. The van der Waals surface area contributed by atoms with E-state index in [2.05, 4.69) is 19.9 Å². The summed E-state index contributed by atoms with van der Waals surface area (Å²) in [6.07, 6.45) is 0. The Kier molecular flexibility index (Phi) is 4.97. The Morgan fingerprint density at radius 1 is 1.29 bits per heavy atom. The van der Waals surface area contributed by atoms with Gasteiger partial charge in [0.2, 0.25) is 11.7 Å². The van der Waals surface area contributed by atoms with Gasteiger partial charge < -0.3 is 9.26 Å². The summed E-state index contributed by atoms with van der Waals surface area (Å²) in [5, 5.41) is 6.07. The van der Waals surface area contributed by atoms with Gasteiger partial charge in [0.05, 0.1) is 18.0 Å². The minimum absolute atomic E-state index is 0.693. The molecule has 3 rings (SSSR count). The number of thiophene rings is 1. The van der Waals surface area contributed by atoms with Gasteiger partial charge in [0.1, 0.15) is 0 Å². The molecule has 0 amide bonds.